The van der Waals surface area contributed by atoms with E-state index < -0.39 is 0 Å². The summed E-state index contributed by atoms with van der Waals surface area (Å²) in [4.78, 5) is 0. The summed E-state index contributed by atoms with van der Waals surface area (Å²) in [6, 6.07) is 56.5. The lowest BCUT2D eigenvalue weighted by Gasteiger charge is -2.14. The highest BCUT2D eigenvalue weighted by molar-refractivity contribution is 6.29. The summed E-state index contributed by atoms with van der Waals surface area (Å²) in [5, 5.41) is 7.35. The second kappa shape index (κ2) is 9.22. The van der Waals surface area contributed by atoms with Crippen molar-refractivity contribution < 1.29 is 4.42 Å². The molecule has 0 radical (unpaired) electrons. The standard InChI is InChI=1S/C42H26N2O/c1-2-12-28(13-3-1)43-35-19-9-5-16-31(35)41-37(43)23-24-38-42(41)32-17-6-10-20-36(32)44(38)34-18-8-4-14-29(34)27-22-25-40-33(26-27)30-15-7-11-21-39(30)45-40/h1-26H. The van der Waals surface area contributed by atoms with Crippen molar-refractivity contribution in [2.45, 2.75) is 0 Å². The Balaban J connectivity index is 1.31. The molecule has 0 saturated carbocycles. The molecule has 7 aromatic carbocycles. The first-order valence-corrected chi connectivity index (χ1v) is 15.4. The Morgan fingerprint density at radius 2 is 0.956 bits per heavy atom. The van der Waals surface area contributed by atoms with E-state index in [0.717, 1.165) is 33.2 Å². The molecule has 3 aromatic heterocycles. The molecule has 10 aromatic rings. The van der Waals surface area contributed by atoms with Gasteiger partial charge < -0.3 is 13.6 Å². The first-order valence-electron chi connectivity index (χ1n) is 15.4. The molecule has 210 valence electrons. The largest absolute Gasteiger partial charge is 0.456 e. The highest BCUT2D eigenvalue weighted by Crippen LogP contribution is 2.43. The van der Waals surface area contributed by atoms with E-state index in [1.54, 1.807) is 0 Å². The third kappa shape index (κ3) is 3.41. The SMILES string of the molecule is c1ccc(-n2c3ccccc3c3c4c5ccccc5n(-c5ccccc5-c5ccc6oc7ccccc7c6c5)c4ccc32)cc1. The number of furan rings is 1. The minimum absolute atomic E-state index is 0.909. The van der Waals surface area contributed by atoms with E-state index in [0.29, 0.717) is 0 Å². The van der Waals surface area contributed by atoms with Gasteiger partial charge in [-0.3, -0.25) is 0 Å². The van der Waals surface area contributed by atoms with Crippen LogP contribution in [0.2, 0.25) is 0 Å². The molecule has 3 heteroatoms. The molecule has 0 aliphatic heterocycles. The van der Waals surface area contributed by atoms with Gasteiger partial charge in [-0.25, -0.2) is 0 Å². The van der Waals surface area contributed by atoms with Crippen LogP contribution in [0.4, 0.5) is 0 Å². The predicted octanol–water partition coefficient (Wildman–Crippen LogP) is 11.4. The number of aromatic nitrogens is 2. The van der Waals surface area contributed by atoms with Crippen molar-refractivity contribution in [2.75, 3.05) is 0 Å². The summed E-state index contributed by atoms with van der Waals surface area (Å²) in [5.74, 6) is 0. The Hall–Kier alpha value is -6.06. The van der Waals surface area contributed by atoms with Crippen LogP contribution < -0.4 is 0 Å². The zero-order chi connectivity index (χ0) is 29.5. The van der Waals surface area contributed by atoms with Crippen molar-refractivity contribution in [1.82, 2.24) is 9.13 Å². The number of fused-ring (bicyclic) bond motifs is 10. The molecular weight excluding hydrogens is 548 g/mol. The maximum atomic E-state index is 6.16. The van der Waals surface area contributed by atoms with Gasteiger partial charge in [0.25, 0.3) is 0 Å². The molecule has 0 amide bonds. The summed E-state index contributed by atoms with van der Waals surface area (Å²) in [7, 11) is 0. The smallest absolute Gasteiger partial charge is 0.135 e. The molecule has 10 rings (SSSR count). The molecule has 0 fully saturated rings. The van der Waals surface area contributed by atoms with Gasteiger partial charge in [0.1, 0.15) is 11.2 Å². The fourth-order valence-corrected chi connectivity index (χ4v) is 7.44. The van der Waals surface area contributed by atoms with Crippen LogP contribution in [-0.2, 0) is 0 Å². The van der Waals surface area contributed by atoms with Crippen LogP contribution in [0.5, 0.6) is 0 Å². The average Bonchev–Trinajstić information content (AvgIpc) is 3.76. The van der Waals surface area contributed by atoms with Gasteiger partial charge in [0.15, 0.2) is 0 Å². The van der Waals surface area contributed by atoms with Crippen LogP contribution in [0, 0.1) is 0 Å². The minimum Gasteiger partial charge on any atom is -0.456 e. The van der Waals surface area contributed by atoms with E-state index in [2.05, 4.69) is 155 Å². The lowest BCUT2D eigenvalue weighted by Crippen LogP contribution is -1.97. The first-order chi connectivity index (χ1) is 22.3. The summed E-state index contributed by atoms with van der Waals surface area (Å²) in [6.45, 7) is 0. The highest BCUT2D eigenvalue weighted by atomic mass is 16.3. The van der Waals surface area contributed by atoms with Crippen molar-refractivity contribution >= 4 is 65.6 Å². The highest BCUT2D eigenvalue weighted by Gasteiger charge is 2.21. The van der Waals surface area contributed by atoms with Crippen molar-refractivity contribution in [1.29, 1.82) is 0 Å². The Bertz CT molecular complexity index is 2760. The van der Waals surface area contributed by atoms with Gasteiger partial charge in [-0.05, 0) is 66.2 Å². The van der Waals surface area contributed by atoms with Crippen LogP contribution in [0.25, 0.3) is 88.1 Å². The van der Waals surface area contributed by atoms with Gasteiger partial charge in [0.2, 0.25) is 0 Å². The van der Waals surface area contributed by atoms with Crippen molar-refractivity contribution in [3.63, 3.8) is 0 Å². The van der Waals surface area contributed by atoms with Gasteiger partial charge in [-0.2, -0.15) is 0 Å². The Morgan fingerprint density at radius 1 is 0.378 bits per heavy atom. The summed E-state index contributed by atoms with van der Waals surface area (Å²) in [5.41, 5.74) is 11.3. The fourth-order valence-electron chi connectivity index (χ4n) is 7.44. The minimum atomic E-state index is 0.909. The molecule has 0 unspecified atom stereocenters. The maximum absolute atomic E-state index is 6.16. The maximum Gasteiger partial charge on any atom is 0.135 e. The zero-order valence-electron chi connectivity index (χ0n) is 24.3. The van der Waals surface area contributed by atoms with Gasteiger partial charge >= 0.3 is 0 Å². The second-order valence-electron chi connectivity index (χ2n) is 11.7. The number of hydrogen-bond donors (Lipinski definition) is 0. The molecule has 0 spiro atoms. The normalized spacial score (nSPS) is 12.0. The van der Waals surface area contributed by atoms with E-state index in [1.807, 2.05) is 12.1 Å². The van der Waals surface area contributed by atoms with Crippen molar-refractivity contribution in [3.8, 4) is 22.5 Å². The summed E-state index contributed by atoms with van der Waals surface area (Å²) < 4.78 is 11.0. The van der Waals surface area contributed by atoms with E-state index in [-0.39, 0.29) is 0 Å². The Morgan fingerprint density at radius 3 is 1.73 bits per heavy atom. The van der Waals surface area contributed by atoms with E-state index >= 15 is 0 Å². The van der Waals surface area contributed by atoms with E-state index in [1.165, 1.54) is 54.9 Å². The van der Waals surface area contributed by atoms with Crippen molar-refractivity contribution in [2.24, 2.45) is 0 Å². The fraction of sp³-hybridized carbons (Fsp3) is 0. The topological polar surface area (TPSA) is 23.0 Å². The summed E-state index contributed by atoms with van der Waals surface area (Å²) >= 11 is 0. The quantitative estimate of drug-likeness (QED) is 0.206. The van der Waals surface area contributed by atoms with Gasteiger partial charge in [-0.15, -0.1) is 0 Å². The molecule has 0 aliphatic rings. The molecular formula is C42H26N2O. The van der Waals surface area contributed by atoms with Crippen LogP contribution in [0.15, 0.2) is 162 Å². The lowest BCUT2D eigenvalue weighted by molar-refractivity contribution is 0.669. The molecule has 0 N–H and O–H groups in total. The molecule has 0 aliphatic carbocycles. The molecule has 3 heterocycles. The molecule has 0 bridgehead atoms. The predicted molar refractivity (Wildman–Crippen MR) is 188 cm³/mol. The molecule has 3 nitrogen and oxygen atoms in total. The van der Waals surface area contributed by atoms with Crippen molar-refractivity contribution in [3.05, 3.63) is 158 Å². The Kier molecular flexibility index (Phi) is 5.00. The second-order valence-corrected chi connectivity index (χ2v) is 11.7. The van der Waals surface area contributed by atoms with Gasteiger partial charge in [0, 0.05) is 43.6 Å². The molecule has 0 saturated heterocycles. The van der Waals surface area contributed by atoms with Crippen LogP contribution in [-0.4, -0.2) is 9.13 Å². The van der Waals surface area contributed by atoms with Gasteiger partial charge in [-0.1, -0.05) is 97.1 Å². The Labute approximate surface area is 258 Å². The third-order valence-corrected chi connectivity index (χ3v) is 9.32. The number of nitrogens with zero attached hydrogens (tertiary/aromatic N) is 2. The van der Waals surface area contributed by atoms with Crippen LogP contribution in [0.3, 0.4) is 0 Å². The molecule has 45 heavy (non-hydrogen) atoms. The first kappa shape index (κ1) is 24.4. The average molecular weight is 575 g/mol. The van der Waals surface area contributed by atoms with Crippen LogP contribution >= 0.6 is 0 Å². The van der Waals surface area contributed by atoms with Gasteiger partial charge in [0.05, 0.1) is 27.8 Å². The monoisotopic (exact) mass is 574 g/mol. The number of rotatable bonds is 3. The zero-order valence-corrected chi connectivity index (χ0v) is 24.3. The van der Waals surface area contributed by atoms with E-state index in [9.17, 15) is 0 Å². The molecule has 0 atom stereocenters. The third-order valence-electron chi connectivity index (χ3n) is 9.32. The number of benzene rings is 7. The number of hydrogen-bond acceptors (Lipinski definition) is 1. The summed E-state index contributed by atoms with van der Waals surface area (Å²) in [6.07, 6.45) is 0. The van der Waals surface area contributed by atoms with Crippen LogP contribution in [0.1, 0.15) is 0 Å². The lowest BCUT2D eigenvalue weighted by atomic mass is 10.0. The number of para-hydroxylation sites is 5. The van der Waals surface area contributed by atoms with E-state index in [4.69, 9.17) is 4.42 Å².